The number of halogens is 1. The van der Waals surface area contributed by atoms with Gasteiger partial charge in [-0.1, -0.05) is 15.9 Å². The van der Waals surface area contributed by atoms with Gasteiger partial charge in [0.1, 0.15) is 10.6 Å². The topological polar surface area (TPSA) is 58.6 Å². The van der Waals surface area contributed by atoms with Crippen LogP contribution >= 0.6 is 15.9 Å². The standard InChI is InChI=1S/C15H25BrN2O3S/c1-11(2)18(12(3)4)9-8-17-22(19,20)15-10-13(16)6-7-14(15)21-5/h6-7,10-12,17H,8-9H2,1-5H3. The molecule has 1 aromatic rings. The minimum atomic E-state index is -3.60. The van der Waals surface area contributed by atoms with Gasteiger partial charge in [-0.25, -0.2) is 13.1 Å². The lowest BCUT2D eigenvalue weighted by Gasteiger charge is -2.30. The average Bonchev–Trinajstić information content (AvgIpc) is 2.42. The van der Waals surface area contributed by atoms with Gasteiger partial charge in [0.25, 0.3) is 0 Å². The summed E-state index contributed by atoms with van der Waals surface area (Å²) in [5.74, 6) is 0.334. The Bertz CT molecular complexity index is 580. The number of hydrogen-bond acceptors (Lipinski definition) is 4. The molecular formula is C15H25BrN2O3S. The first kappa shape index (κ1) is 19.4. The molecule has 5 nitrogen and oxygen atoms in total. The van der Waals surface area contributed by atoms with Crippen LogP contribution in [0.15, 0.2) is 27.6 Å². The van der Waals surface area contributed by atoms with E-state index in [2.05, 4.69) is 53.2 Å². The molecule has 0 fully saturated rings. The smallest absolute Gasteiger partial charge is 0.244 e. The summed E-state index contributed by atoms with van der Waals surface area (Å²) in [4.78, 5) is 2.38. The summed E-state index contributed by atoms with van der Waals surface area (Å²) in [7, 11) is -2.14. The zero-order valence-electron chi connectivity index (χ0n) is 13.8. The number of nitrogens with zero attached hydrogens (tertiary/aromatic N) is 1. The number of benzene rings is 1. The molecule has 0 spiro atoms. The summed E-state index contributed by atoms with van der Waals surface area (Å²) in [6.07, 6.45) is 0. The van der Waals surface area contributed by atoms with Crippen molar-refractivity contribution >= 4 is 26.0 Å². The maximum Gasteiger partial charge on any atom is 0.244 e. The molecule has 0 saturated heterocycles. The number of methoxy groups -OCH3 is 1. The van der Waals surface area contributed by atoms with E-state index in [9.17, 15) is 8.42 Å². The van der Waals surface area contributed by atoms with Crippen LogP contribution in [0.2, 0.25) is 0 Å². The van der Waals surface area contributed by atoms with Crippen molar-refractivity contribution in [1.29, 1.82) is 0 Å². The largest absolute Gasteiger partial charge is 0.495 e. The first-order chi connectivity index (χ1) is 10.2. The Morgan fingerprint density at radius 1 is 1.23 bits per heavy atom. The van der Waals surface area contributed by atoms with E-state index in [1.165, 1.54) is 7.11 Å². The molecular weight excluding hydrogens is 368 g/mol. The first-order valence-electron chi connectivity index (χ1n) is 7.28. The molecule has 0 unspecified atom stereocenters. The van der Waals surface area contributed by atoms with E-state index in [1.807, 2.05) is 0 Å². The molecule has 126 valence electrons. The highest BCUT2D eigenvalue weighted by Gasteiger charge is 2.20. The Labute approximate surface area is 142 Å². The third-order valence-corrected chi connectivity index (χ3v) is 5.38. The summed E-state index contributed by atoms with van der Waals surface area (Å²) < 4.78 is 33.4. The van der Waals surface area contributed by atoms with Gasteiger partial charge < -0.3 is 4.74 Å². The summed E-state index contributed by atoms with van der Waals surface area (Å²) in [5, 5.41) is 0. The summed E-state index contributed by atoms with van der Waals surface area (Å²) in [6.45, 7) is 9.43. The monoisotopic (exact) mass is 392 g/mol. The van der Waals surface area contributed by atoms with Crippen molar-refractivity contribution in [3.05, 3.63) is 22.7 Å². The van der Waals surface area contributed by atoms with Crippen LogP contribution in [-0.4, -0.2) is 45.6 Å². The predicted molar refractivity (Wildman–Crippen MR) is 92.9 cm³/mol. The van der Waals surface area contributed by atoms with Crippen LogP contribution in [0.25, 0.3) is 0 Å². The summed E-state index contributed by atoms with van der Waals surface area (Å²) >= 11 is 3.29. The second-order valence-corrected chi connectivity index (χ2v) is 8.27. The van der Waals surface area contributed by atoms with Gasteiger partial charge in [-0.15, -0.1) is 0 Å². The van der Waals surface area contributed by atoms with E-state index in [0.717, 1.165) is 0 Å². The Morgan fingerprint density at radius 3 is 2.32 bits per heavy atom. The molecule has 0 heterocycles. The van der Waals surface area contributed by atoms with Crippen molar-refractivity contribution in [3.8, 4) is 5.75 Å². The predicted octanol–water partition coefficient (Wildman–Crippen LogP) is 2.85. The second kappa shape index (κ2) is 8.29. The molecule has 0 amide bonds. The zero-order chi connectivity index (χ0) is 16.9. The number of sulfonamides is 1. The molecule has 0 aliphatic carbocycles. The second-order valence-electron chi connectivity index (χ2n) is 5.62. The molecule has 0 saturated carbocycles. The third kappa shape index (κ3) is 5.22. The lowest BCUT2D eigenvalue weighted by molar-refractivity contribution is 0.179. The van der Waals surface area contributed by atoms with Crippen molar-refractivity contribution in [1.82, 2.24) is 9.62 Å². The first-order valence-corrected chi connectivity index (χ1v) is 9.55. The summed E-state index contributed by atoms with van der Waals surface area (Å²) in [5.41, 5.74) is 0. The maximum atomic E-state index is 12.5. The van der Waals surface area contributed by atoms with Crippen LogP contribution in [0.5, 0.6) is 5.75 Å². The van der Waals surface area contributed by atoms with Crippen LogP contribution in [0.3, 0.4) is 0 Å². The molecule has 0 atom stereocenters. The summed E-state index contributed by atoms with van der Waals surface area (Å²) in [6, 6.07) is 5.66. The number of hydrogen-bond donors (Lipinski definition) is 1. The van der Waals surface area contributed by atoms with Gasteiger partial charge in [0.05, 0.1) is 7.11 Å². The molecule has 0 aromatic heterocycles. The Kier molecular flexibility index (Phi) is 7.31. The van der Waals surface area contributed by atoms with Crippen LogP contribution in [0.1, 0.15) is 27.7 Å². The fourth-order valence-corrected chi connectivity index (χ4v) is 4.09. The van der Waals surface area contributed by atoms with Gasteiger partial charge >= 0.3 is 0 Å². The average molecular weight is 393 g/mol. The molecule has 1 rings (SSSR count). The molecule has 22 heavy (non-hydrogen) atoms. The number of ether oxygens (including phenoxy) is 1. The van der Waals surface area contributed by atoms with Crippen LogP contribution in [-0.2, 0) is 10.0 Å². The minimum Gasteiger partial charge on any atom is -0.495 e. The van der Waals surface area contributed by atoms with Crippen molar-refractivity contribution in [2.75, 3.05) is 20.2 Å². The van der Waals surface area contributed by atoms with Gasteiger partial charge in [-0.3, -0.25) is 4.90 Å². The highest BCUT2D eigenvalue weighted by molar-refractivity contribution is 9.10. The van der Waals surface area contributed by atoms with Gasteiger partial charge in [0, 0.05) is 29.6 Å². The molecule has 0 aliphatic heterocycles. The van der Waals surface area contributed by atoms with Crippen LogP contribution in [0.4, 0.5) is 0 Å². The van der Waals surface area contributed by atoms with E-state index in [0.29, 0.717) is 35.4 Å². The fourth-order valence-electron chi connectivity index (χ4n) is 2.36. The molecule has 1 N–H and O–H groups in total. The molecule has 1 aromatic carbocycles. The molecule has 0 radical (unpaired) electrons. The maximum absolute atomic E-state index is 12.5. The SMILES string of the molecule is COc1ccc(Br)cc1S(=O)(=O)NCCN(C(C)C)C(C)C. The third-order valence-electron chi connectivity index (χ3n) is 3.40. The van der Waals surface area contributed by atoms with Gasteiger partial charge in [0.2, 0.25) is 10.0 Å². The lowest BCUT2D eigenvalue weighted by Crippen LogP contribution is -2.42. The van der Waals surface area contributed by atoms with Crippen molar-refractivity contribution in [2.45, 2.75) is 44.7 Å². The fraction of sp³-hybridized carbons (Fsp3) is 0.600. The van der Waals surface area contributed by atoms with Gasteiger partial charge in [0.15, 0.2) is 0 Å². The van der Waals surface area contributed by atoms with E-state index in [4.69, 9.17) is 4.74 Å². The molecule has 7 heteroatoms. The van der Waals surface area contributed by atoms with Crippen LogP contribution < -0.4 is 9.46 Å². The van der Waals surface area contributed by atoms with E-state index >= 15 is 0 Å². The van der Waals surface area contributed by atoms with Gasteiger partial charge in [-0.2, -0.15) is 0 Å². The Morgan fingerprint density at radius 2 is 1.82 bits per heavy atom. The highest BCUT2D eigenvalue weighted by Crippen LogP contribution is 2.26. The minimum absolute atomic E-state index is 0.144. The van der Waals surface area contributed by atoms with E-state index < -0.39 is 10.0 Å². The van der Waals surface area contributed by atoms with E-state index in [1.54, 1.807) is 18.2 Å². The van der Waals surface area contributed by atoms with Crippen LogP contribution in [0, 0.1) is 0 Å². The lowest BCUT2D eigenvalue weighted by atomic mass is 10.2. The molecule has 0 bridgehead atoms. The van der Waals surface area contributed by atoms with Crippen molar-refractivity contribution in [3.63, 3.8) is 0 Å². The Balaban J connectivity index is 2.82. The number of rotatable bonds is 8. The normalized spacial score (nSPS) is 12.4. The van der Waals surface area contributed by atoms with Crippen molar-refractivity contribution in [2.24, 2.45) is 0 Å². The highest BCUT2D eigenvalue weighted by atomic mass is 79.9. The van der Waals surface area contributed by atoms with E-state index in [-0.39, 0.29) is 4.90 Å². The number of nitrogens with one attached hydrogen (secondary N) is 1. The molecule has 0 aliphatic rings. The van der Waals surface area contributed by atoms with Crippen molar-refractivity contribution < 1.29 is 13.2 Å². The Hall–Kier alpha value is -0.630. The zero-order valence-corrected chi connectivity index (χ0v) is 16.2. The van der Waals surface area contributed by atoms with Gasteiger partial charge in [-0.05, 0) is 45.9 Å². The quantitative estimate of drug-likeness (QED) is 0.738.